The van der Waals surface area contributed by atoms with E-state index in [9.17, 15) is 13.9 Å². The molecule has 3 fully saturated rings. The number of alkyl halides is 1. The third-order valence-electron chi connectivity index (χ3n) is 9.70. The first kappa shape index (κ1) is 27.6. The molecule has 2 N–H and O–H groups in total. The van der Waals surface area contributed by atoms with E-state index in [1.54, 1.807) is 18.2 Å². The van der Waals surface area contributed by atoms with E-state index in [1.807, 2.05) is 6.92 Å². The predicted octanol–water partition coefficient (Wildman–Crippen LogP) is 5.05. The van der Waals surface area contributed by atoms with Gasteiger partial charge in [0.05, 0.1) is 17.8 Å². The highest BCUT2D eigenvalue weighted by Gasteiger charge is 2.49. The van der Waals surface area contributed by atoms with Gasteiger partial charge in [-0.3, -0.25) is 9.91 Å². The fourth-order valence-electron chi connectivity index (χ4n) is 7.65. The third-order valence-corrected chi connectivity index (χ3v) is 9.70. The van der Waals surface area contributed by atoms with Gasteiger partial charge in [0.1, 0.15) is 24.3 Å². The summed E-state index contributed by atoms with van der Waals surface area (Å²) in [6.45, 7) is 6.62. The van der Waals surface area contributed by atoms with Crippen molar-refractivity contribution in [2.24, 2.45) is 0 Å². The zero-order valence-electron chi connectivity index (χ0n) is 24.3. The van der Waals surface area contributed by atoms with Crippen LogP contribution in [0.5, 0.6) is 11.8 Å². The predicted molar refractivity (Wildman–Crippen MR) is 159 cm³/mol. The molecule has 10 heteroatoms. The highest BCUT2D eigenvalue weighted by Crippen LogP contribution is 2.41. The van der Waals surface area contributed by atoms with Crippen molar-refractivity contribution in [3.63, 3.8) is 0 Å². The first-order chi connectivity index (χ1) is 20.4. The molecule has 0 unspecified atom stereocenters. The molecule has 5 heterocycles. The van der Waals surface area contributed by atoms with Gasteiger partial charge >= 0.3 is 6.01 Å². The molecule has 0 aliphatic carbocycles. The molecule has 0 spiro atoms. The second-order valence-electron chi connectivity index (χ2n) is 12.4. The summed E-state index contributed by atoms with van der Waals surface area (Å²) in [5, 5.41) is 14.4. The number of nitrogens with one attached hydrogen (secondary N) is 1. The van der Waals surface area contributed by atoms with E-state index in [4.69, 9.17) is 14.7 Å². The van der Waals surface area contributed by atoms with E-state index in [0.29, 0.717) is 57.1 Å². The van der Waals surface area contributed by atoms with Gasteiger partial charge in [-0.2, -0.15) is 9.97 Å². The minimum atomic E-state index is -0.821. The largest absolute Gasteiger partial charge is 0.508 e. The number of phenols is 1. The molecular weight excluding hydrogens is 538 g/mol. The Morgan fingerprint density at radius 3 is 2.90 bits per heavy atom. The van der Waals surface area contributed by atoms with E-state index >= 15 is 0 Å². The van der Waals surface area contributed by atoms with Crippen molar-refractivity contribution in [2.45, 2.75) is 76.5 Å². The monoisotopic (exact) mass is 578 g/mol. The topological polar surface area (TPSA) is 77.0 Å². The number of rotatable bonds is 6. The van der Waals surface area contributed by atoms with Crippen LogP contribution in [0.3, 0.4) is 0 Å². The molecule has 0 saturated carbocycles. The van der Waals surface area contributed by atoms with Gasteiger partial charge in [0.25, 0.3) is 0 Å². The van der Waals surface area contributed by atoms with E-state index < -0.39 is 6.17 Å². The van der Waals surface area contributed by atoms with Crippen molar-refractivity contribution < 1.29 is 18.6 Å². The lowest BCUT2D eigenvalue weighted by Gasteiger charge is -2.35. The molecule has 4 aliphatic heterocycles. The van der Waals surface area contributed by atoms with Crippen LogP contribution < -0.4 is 20.1 Å². The average molecular weight is 579 g/mol. The van der Waals surface area contributed by atoms with Crippen LogP contribution in [0.15, 0.2) is 24.3 Å². The van der Waals surface area contributed by atoms with Gasteiger partial charge < -0.3 is 14.7 Å². The Morgan fingerprint density at radius 2 is 2.02 bits per heavy atom. The van der Waals surface area contributed by atoms with E-state index in [2.05, 4.69) is 20.2 Å². The molecule has 0 bridgehead atoms. The Labute approximate surface area is 245 Å². The average Bonchev–Trinajstić information content (AvgIpc) is 3.36. The van der Waals surface area contributed by atoms with Crippen LogP contribution in [0.25, 0.3) is 10.8 Å². The fraction of sp³-hybridized carbons (Fsp3) is 0.562. The summed E-state index contributed by atoms with van der Waals surface area (Å²) in [6.07, 6.45) is 6.26. The maximum atomic E-state index is 14.9. The van der Waals surface area contributed by atoms with Crippen LogP contribution in [-0.4, -0.2) is 71.0 Å². The maximum Gasteiger partial charge on any atom is 0.318 e. The lowest BCUT2D eigenvalue weighted by molar-refractivity contribution is 0.107. The SMILES string of the molecule is CCc1c(F)ccc2cc(O)cc(N3CCc4c(nc(OC[C@@]56CCCN5C[C@H](F)C6)nc4N4CCCCCN4)C3)c12. The van der Waals surface area contributed by atoms with Crippen molar-refractivity contribution in [3.05, 3.63) is 46.9 Å². The number of hydrogen-bond acceptors (Lipinski definition) is 8. The first-order valence-electron chi connectivity index (χ1n) is 15.6. The fourth-order valence-corrected chi connectivity index (χ4v) is 7.65. The summed E-state index contributed by atoms with van der Waals surface area (Å²) < 4.78 is 35.7. The number of benzene rings is 2. The number of hydrogen-bond donors (Lipinski definition) is 2. The molecule has 0 amide bonds. The molecule has 3 aromatic rings. The number of hydrazine groups is 1. The number of nitrogens with zero attached hydrogens (tertiary/aromatic N) is 5. The van der Waals surface area contributed by atoms with Gasteiger partial charge in [0, 0.05) is 55.3 Å². The van der Waals surface area contributed by atoms with Gasteiger partial charge in [-0.1, -0.05) is 19.4 Å². The number of fused-ring (bicyclic) bond motifs is 3. The molecule has 2 atom stereocenters. The molecule has 2 aromatic carbocycles. The minimum Gasteiger partial charge on any atom is -0.508 e. The number of aromatic hydroxyl groups is 1. The Balaban J connectivity index is 1.25. The molecule has 8 nitrogen and oxygen atoms in total. The summed E-state index contributed by atoms with van der Waals surface area (Å²) in [4.78, 5) is 14.3. The van der Waals surface area contributed by atoms with Crippen LogP contribution in [-0.2, 0) is 19.4 Å². The molecule has 3 saturated heterocycles. The van der Waals surface area contributed by atoms with Crippen LogP contribution in [0, 0.1) is 5.82 Å². The van der Waals surface area contributed by atoms with Crippen LogP contribution in [0.1, 0.15) is 62.3 Å². The van der Waals surface area contributed by atoms with Crippen molar-refractivity contribution >= 4 is 22.3 Å². The Kier molecular flexibility index (Phi) is 7.30. The lowest BCUT2D eigenvalue weighted by Crippen LogP contribution is -2.44. The van der Waals surface area contributed by atoms with Crippen molar-refractivity contribution in [1.29, 1.82) is 0 Å². The van der Waals surface area contributed by atoms with E-state index in [1.165, 1.54) is 6.07 Å². The molecular formula is C32H40F2N6O2. The Bertz CT molecular complexity index is 1480. The van der Waals surface area contributed by atoms with Gasteiger partial charge in [0.15, 0.2) is 5.82 Å². The summed E-state index contributed by atoms with van der Waals surface area (Å²) in [5.74, 6) is 0.777. The summed E-state index contributed by atoms with van der Waals surface area (Å²) in [7, 11) is 0. The number of halogens is 2. The highest BCUT2D eigenvalue weighted by molar-refractivity contribution is 5.98. The van der Waals surface area contributed by atoms with Gasteiger partial charge in [-0.05, 0) is 68.2 Å². The second-order valence-corrected chi connectivity index (χ2v) is 12.4. The number of anilines is 2. The van der Waals surface area contributed by atoms with Crippen molar-refractivity contribution in [2.75, 3.05) is 49.2 Å². The molecule has 7 rings (SSSR count). The van der Waals surface area contributed by atoms with E-state index in [0.717, 1.165) is 85.3 Å². The molecule has 1 aromatic heterocycles. The van der Waals surface area contributed by atoms with Crippen molar-refractivity contribution in [1.82, 2.24) is 20.3 Å². The normalized spacial score (nSPS) is 24.6. The minimum absolute atomic E-state index is 0.154. The number of phenolic OH excluding ortho intramolecular Hbond substituents is 1. The summed E-state index contributed by atoms with van der Waals surface area (Å²) in [6, 6.07) is 6.97. The summed E-state index contributed by atoms with van der Waals surface area (Å²) in [5.41, 5.74) is 6.68. The first-order valence-corrected chi connectivity index (χ1v) is 15.6. The molecule has 0 radical (unpaired) electrons. The quantitative estimate of drug-likeness (QED) is 0.421. The zero-order valence-corrected chi connectivity index (χ0v) is 24.3. The number of ether oxygens (including phenoxy) is 1. The van der Waals surface area contributed by atoms with Gasteiger partial charge in [-0.25, -0.2) is 14.2 Å². The van der Waals surface area contributed by atoms with Crippen molar-refractivity contribution in [3.8, 4) is 11.8 Å². The summed E-state index contributed by atoms with van der Waals surface area (Å²) >= 11 is 0. The molecule has 224 valence electrons. The van der Waals surface area contributed by atoms with Gasteiger partial charge in [0.2, 0.25) is 0 Å². The standard InChI is InChI=1S/C32H40F2N6O2/c1-2-24-26(34)8-7-21-15-23(41)16-28(29(21)24)38-14-9-25-27(19-38)36-31(37-30(25)40-13-5-3-4-11-35-40)42-20-32-10-6-12-39(32)18-22(33)17-32/h7-8,15-16,22,35,41H,2-6,9-14,17-20H2,1H3/t22-,32+/m1/s1. The molecule has 4 aliphatic rings. The van der Waals surface area contributed by atoms with Crippen LogP contribution >= 0.6 is 0 Å². The zero-order chi connectivity index (χ0) is 28.8. The third kappa shape index (κ3) is 4.92. The van der Waals surface area contributed by atoms with Gasteiger partial charge in [-0.15, -0.1) is 0 Å². The smallest absolute Gasteiger partial charge is 0.318 e. The number of aromatic nitrogens is 2. The van der Waals surface area contributed by atoms with Crippen LogP contribution in [0.2, 0.25) is 0 Å². The second kappa shape index (κ2) is 11.1. The van der Waals surface area contributed by atoms with Crippen LogP contribution in [0.4, 0.5) is 20.3 Å². The number of aryl methyl sites for hydroxylation is 1. The lowest BCUT2D eigenvalue weighted by atomic mass is 9.95. The highest BCUT2D eigenvalue weighted by atomic mass is 19.1. The van der Waals surface area contributed by atoms with E-state index in [-0.39, 0.29) is 17.1 Å². The maximum absolute atomic E-state index is 14.9. The molecule has 42 heavy (non-hydrogen) atoms. The Morgan fingerprint density at radius 1 is 1.12 bits per heavy atom. The Hall–Kier alpha value is -3.24.